The molecule has 0 spiro atoms. The molecule has 16 heavy (non-hydrogen) atoms. The first-order valence-electron chi connectivity index (χ1n) is 6.16. The quantitative estimate of drug-likeness (QED) is 0.834. The topological polar surface area (TPSA) is 26.0 Å². The summed E-state index contributed by atoms with van der Waals surface area (Å²) in [7, 11) is 0. The Labute approximate surface area is 96.9 Å². The minimum atomic E-state index is -0.136. The molecule has 2 heteroatoms. The molecule has 1 saturated carbocycles. The SMILES string of the molecule is Cc1cc(F)ccc1CC1CCCC1CN. The molecule has 0 saturated heterocycles. The van der Waals surface area contributed by atoms with Crippen LogP contribution in [0.1, 0.15) is 30.4 Å². The van der Waals surface area contributed by atoms with Gasteiger partial charge in [0.15, 0.2) is 0 Å². The highest BCUT2D eigenvalue weighted by molar-refractivity contribution is 5.27. The largest absolute Gasteiger partial charge is 0.330 e. The van der Waals surface area contributed by atoms with Crippen molar-refractivity contribution in [3.63, 3.8) is 0 Å². The molecule has 1 aromatic rings. The van der Waals surface area contributed by atoms with Crippen LogP contribution in [0.3, 0.4) is 0 Å². The summed E-state index contributed by atoms with van der Waals surface area (Å²) in [6.45, 7) is 2.79. The van der Waals surface area contributed by atoms with Crippen molar-refractivity contribution in [2.24, 2.45) is 17.6 Å². The van der Waals surface area contributed by atoms with Gasteiger partial charge in [0.1, 0.15) is 5.82 Å². The summed E-state index contributed by atoms with van der Waals surface area (Å²) in [5, 5.41) is 0. The summed E-state index contributed by atoms with van der Waals surface area (Å²) in [5.74, 6) is 1.24. The van der Waals surface area contributed by atoms with Crippen LogP contribution in [0.15, 0.2) is 18.2 Å². The third-order valence-electron chi connectivity index (χ3n) is 3.91. The first kappa shape index (κ1) is 11.6. The Balaban J connectivity index is 2.08. The second-order valence-electron chi connectivity index (χ2n) is 4.96. The van der Waals surface area contributed by atoms with Crippen molar-refractivity contribution in [1.29, 1.82) is 0 Å². The highest BCUT2D eigenvalue weighted by atomic mass is 19.1. The number of rotatable bonds is 3. The van der Waals surface area contributed by atoms with E-state index in [1.165, 1.54) is 24.8 Å². The van der Waals surface area contributed by atoms with E-state index in [0.29, 0.717) is 11.8 Å². The average molecular weight is 221 g/mol. The second-order valence-corrected chi connectivity index (χ2v) is 4.96. The Hall–Kier alpha value is -0.890. The Morgan fingerprint density at radius 2 is 2.06 bits per heavy atom. The third-order valence-corrected chi connectivity index (χ3v) is 3.91. The molecule has 0 heterocycles. The monoisotopic (exact) mass is 221 g/mol. The molecule has 2 atom stereocenters. The predicted molar refractivity (Wildman–Crippen MR) is 64.7 cm³/mol. The van der Waals surface area contributed by atoms with E-state index in [0.717, 1.165) is 18.5 Å². The van der Waals surface area contributed by atoms with E-state index in [4.69, 9.17) is 5.73 Å². The summed E-state index contributed by atoms with van der Waals surface area (Å²) >= 11 is 0. The normalized spacial score (nSPS) is 24.9. The van der Waals surface area contributed by atoms with Crippen molar-refractivity contribution < 1.29 is 4.39 Å². The van der Waals surface area contributed by atoms with Gasteiger partial charge in [-0.15, -0.1) is 0 Å². The average Bonchev–Trinajstić information content (AvgIpc) is 2.69. The van der Waals surface area contributed by atoms with E-state index in [1.807, 2.05) is 13.0 Å². The molecule has 0 aromatic heterocycles. The molecule has 2 N–H and O–H groups in total. The first-order valence-corrected chi connectivity index (χ1v) is 6.16. The lowest BCUT2D eigenvalue weighted by molar-refractivity contribution is 0.393. The van der Waals surface area contributed by atoms with E-state index < -0.39 is 0 Å². The summed E-state index contributed by atoms with van der Waals surface area (Å²) < 4.78 is 13.0. The molecular formula is C14H20FN. The van der Waals surface area contributed by atoms with Crippen LogP contribution in [-0.2, 0) is 6.42 Å². The highest BCUT2D eigenvalue weighted by Crippen LogP contribution is 2.34. The van der Waals surface area contributed by atoms with Gasteiger partial charge in [-0.25, -0.2) is 4.39 Å². The fourth-order valence-electron chi connectivity index (χ4n) is 2.86. The zero-order valence-electron chi connectivity index (χ0n) is 9.88. The zero-order valence-corrected chi connectivity index (χ0v) is 9.88. The van der Waals surface area contributed by atoms with Crippen LogP contribution in [0.4, 0.5) is 4.39 Å². The van der Waals surface area contributed by atoms with Gasteiger partial charge >= 0.3 is 0 Å². The van der Waals surface area contributed by atoms with Gasteiger partial charge < -0.3 is 5.73 Å². The first-order chi connectivity index (χ1) is 7.70. The minimum absolute atomic E-state index is 0.136. The maximum Gasteiger partial charge on any atom is 0.123 e. The number of nitrogens with two attached hydrogens (primary N) is 1. The van der Waals surface area contributed by atoms with E-state index in [2.05, 4.69) is 0 Å². The Bertz CT molecular complexity index is 362. The Morgan fingerprint density at radius 1 is 1.31 bits per heavy atom. The smallest absolute Gasteiger partial charge is 0.123 e. The molecule has 0 aliphatic heterocycles. The van der Waals surface area contributed by atoms with E-state index >= 15 is 0 Å². The van der Waals surface area contributed by atoms with E-state index in [1.54, 1.807) is 12.1 Å². The zero-order chi connectivity index (χ0) is 11.5. The summed E-state index contributed by atoms with van der Waals surface area (Å²) in [6, 6.07) is 5.12. The second kappa shape index (κ2) is 4.96. The maximum atomic E-state index is 13.0. The third kappa shape index (κ3) is 2.43. The van der Waals surface area contributed by atoms with Gasteiger partial charge in [0, 0.05) is 0 Å². The van der Waals surface area contributed by atoms with Crippen LogP contribution in [-0.4, -0.2) is 6.54 Å². The van der Waals surface area contributed by atoms with Crippen LogP contribution < -0.4 is 5.73 Å². The van der Waals surface area contributed by atoms with Crippen LogP contribution in [0, 0.1) is 24.6 Å². The predicted octanol–water partition coefficient (Wildman–Crippen LogP) is 3.05. The maximum absolute atomic E-state index is 13.0. The lowest BCUT2D eigenvalue weighted by atomic mass is 9.88. The van der Waals surface area contributed by atoms with Crippen molar-refractivity contribution in [3.05, 3.63) is 35.1 Å². The molecular weight excluding hydrogens is 201 g/mol. The lowest BCUT2D eigenvalue weighted by Crippen LogP contribution is -2.20. The fourth-order valence-corrected chi connectivity index (χ4v) is 2.86. The Kier molecular flexibility index (Phi) is 3.59. The highest BCUT2D eigenvalue weighted by Gasteiger charge is 2.26. The van der Waals surface area contributed by atoms with Crippen molar-refractivity contribution in [2.75, 3.05) is 6.54 Å². The van der Waals surface area contributed by atoms with Crippen molar-refractivity contribution >= 4 is 0 Å². The number of hydrogen-bond donors (Lipinski definition) is 1. The lowest BCUT2D eigenvalue weighted by Gasteiger charge is -2.18. The number of hydrogen-bond acceptors (Lipinski definition) is 1. The number of aryl methyl sites for hydroxylation is 1. The van der Waals surface area contributed by atoms with Gasteiger partial charge in [-0.2, -0.15) is 0 Å². The van der Waals surface area contributed by atoms with Gasteiger partial charge in [0.25, 0.3) is 0 Å². The van der Waals surface area contributed by atoms with Gasteiger partial charge in [0.05, 0.1) is 0 Å². The molecule has 1 nitrogen and oxygen atoms in total. The van der Waals surface area contributed by atoms with Crippen LogP contribution in [0.5, 0.6) is 0 Å². The van der Waals surface area contributed by atoms with Gasteiger partial charge in [-0.05, 0) is 67.8 Å². The minimum Gasteiger partial charge on any atom is -0.330 e. The molecule has 2 rings (SSSR count). The molecule has 1 aliphatic carbocycles. The molecule has 0 amide bonds. The van der Waals surface area contributed by atoms with Crippen LogP contribution >= 0.6 is 0 Å². The summed E-state index contributed by atoms with van der Waals surface area (Å²) in [5.41, 5.74) is 8.14. The van der Waals surface area contributed by atoms with Crippen molar-refractivity contribution in [1.82, 2.24) is 0 Å². The molecule has 2 unspecified atom stereocenters. The summed E-state index contributed by atoms with van der Waals surface area (Å²) in [4.78, 5) is 0. The van der Waals surface area contributed by atoms with Crippen molar-refractivity contribution in [2.45, 2.75) is 32.6 Å². The molecule has 0 radical (unpaired) electrons. The molecule has 1 aromatic carbocycles. The van der Waals surface area contributed by atoms with Gasteiger partial charge in [-0.3, -0.25) is 0 Å². The van der Waals surface area contributed by atoms with Gasteiger partial charge in [-0.1, -0.05) is 12.5 Å². The molecule has 1 aliphatic rings. The Morgan fingerprint density at radius 3 is 2.75 bits per heavy atom. The number of halogens is 1. The fraction of sp³-hybridized carbons (Fsp3) is 0.571. The molecule has 1 fully saturated rings. The van der Waals surface area contributed by atoms with Crippen molar-refractivity contribution in [3.8, 4) is 0 Å². The van der Waals surface area contributed by atoms with Crippen LogP contribution in [0.2, 0.25) is 0 Å². The van der Waals surface area contributed by atoms with E-state index in [9.17, 15) is 4.39 Å². The molecule has 88 valence electrons. The standard InChI is InChI=1S/C14H20FN/c1-10-7-14(15)6-5-11(10)8-12-3-2-4-13(12)9-16/h5-7,12-13H,2-4,8-9,16H2,1H3. The van der Waals surface area contributed by atoms with Crippen LogP contribution in [0.25, 0.3) is 0 Å². The van der Waals surface area contributed by atoms with Gasteiger partial charge in [0.2, 0.25) is 0 Å². The number of benzene rings is 1. The van der Waals surface area contributed by atoms with E-state index in [-0.39, 0.29) is 5.82 Å². The summed E-state index contributed by atoms with van der Waals surface area (Å²) in [6.07, 6.45) is 4.90. The molecule has 0 bridgehead atoms.